The topological polar surface area (TPSA) is 120 Å². The molecule has 0 unspecified atom stereocenters. The minimum atomic E-state index is -0.187. The first-order chi connectivity index (χ1) is 9.38. The van der Waals surface area contributed by atoms with Crippen LogP contribution < -0.4 is 15.3 Å². The van der Waals surface area contributed by atoms with Crippen LogP contribution >= 0.6 is 0 Å². The molecular weight excluding hydrogens is 365 g/mol. The van der Waals surface area contributed by atoms with E-state index in [2.05, 4.69) is 0 Å². The molecule has 0 aliphatic rings. The number of hydrogen-bond donors (Lipinski definition) is 0. The van der Waals surface area contributed by atoms with Gasteiger partial charge in [0.25, 0.3) is 0 Å². The zero-order valence-corrected chi connectivity index (χ0v) is 16.6. The van der Waals surface area contributed by atoms with Crippen LogP contribution in [0.2, 0.25) is 0 Å². The Balaban J connectivity index is -0.000000108. The van der Waals surface area contributed by atoms with Crippen LogP contribution in [0.3, 0.4) is 0 Å². The molecule has 0 rings (SSSR count). The molecule has 0 bridgehead atoms. The Hall–Kier alpha value is -1.27. The molecule has 7 heteroatoms. The summed E-state index contributed by atoms with van der Waals surface area (Å²) in [5.74, 6) is -1.12. The number of carbonyl (C=O) groups is 3. The van der Waals surface area contributed by atoms with E-state index in [0.717, 1.165) is 18.2 Å². The molecule has 0 aromatic heterocycles. The molecule has 0 atom stereocenters. The zero-order valence-electron chi connectivity index (χ0n) is 13.8. The average Bonchev–Trinajstić information content (AvgIpc) is 2.10. The Kier molecular flexibility index (Phi) is 23.3. The summed E-state index contributed by atoms with van der Waals surface area (Å²) in [6.07, 6.45) is 3.17. The fourth-order valence-electron chi connectivity index (χ4n) is 0.859. The van der Waals surface area contributed by atoms with Gasteiger partial charge in [-0.2, -0.15) is 0 Å². The molecule has 0 heterocycles. The van der Waals surface area contributed by atoms with Gasteiger partial charge in [-0.05, 0) is 39.0 Å². The van der Waals surface area contributed by atoms with Crippen LogP contribution in [0.4, 0.5) is 0 Å². The van der Waals surface area contributed by atoms with E-state index in [1.165, 1.54) is 41.5 Å². The third kappa shape index (κ3) is 51.1. The Morgan fingerprint density at radius 3 is 0.682 bits per heavy atom. The molecule has 0 saturated heterocycles. The quantitative estimate of drug-likeness (QED) is 0.477. The van der Waals surface area contributed by atoms with Crippen molar-refractivity contribution in [1.29, 1.82) is 0 Å². The summed E-state index contributed by atoms with van der Waals surface area (Å²) in [6, 6.07) is 0. The van der Waals surface area contributed by atoms with E-state index in [-0.39, 0.29) is 67.3 Å². The van der Waals surface area contributed by atoms with E-state index >= 15 is 0 Å². The van der Waals surface area contributed by atoms with Crippen molar-refractivity contribution in [1.82, 2.24) is 0 Å². The molecule has 0 amide bonds. The van der Waals surface area contributed by atoms with Gasteiger partial charge >= 0.3 is 32.7 Å². The molecule has 6 nitrogen and oxygen atoms in total. The van der Waals surface area contributed by atoms with E-state index in [4.69, 9.17) is 0 Å². The van der Waals surface area contributed by atoms with Crippen molar-refractivity contribution in [3.63, 3.8) is 0 Å². The molecule has 0 aliphatic heterocycles. The Morgan fingerprint density at radius 1 is 0.545 bits per heavy atom. The molecule has 0 spiro atoms. The number of allylic oxidation sites excluding steroid dienone is 6. The molecule has 0 saturated carbocycles. The first-order valence-corrected chi connectivity index (χ1v) is 5.96. The second kappa shape index (κ2) is 17.8. The van der Waals surface area contributed by atoms with Crippen molar-refractivity contribution >= 4 is 17.3 Å². The van der Waals surface area contributed by atoms with Crippen molar-refractivity contribution in [3.8, 4) is 0 Å². The van der Waals surface area contributed by atoms with Crippen LogP contribution in [0.1, 0.15) is 41.5 Å². The number of rotatable bonds is 3. The summed E-state index contributed by atoms with van der Waals surface area (Å²) < 4.78 is 0. The largest absolute Gasteiger partial charge is 3.00 e. The van der Waals surface area contributed by atoms with Crippen molar-refractivity contribution in [2.45, 2.75) is 41.5 Å². The van der Waals surface area contributed by atoms with Crippen molar-refractivity contribution < 1.29 is 62.4 Å². The molecule has 120 valence electrons. The summed E-state index contributed by atoms with van der Waals surface area (Å²) in [4.78, 5) is 29.9. The second-order valence-electron chi connectivity index (χ2n) is 4.10. The summed E-state index contributed by atoms with van der Waals surface area (Å²) >= 11 is 0. The van der Waals surface area contributed by atoms with E-state index in [1.54, 1.807) is 0 Å². The van der Waals surface area contributed by atoms with Gasteiger partial charge in [0.15, 0.2) is 17.3 Å². The van der Waals surface area contributed by atoms with E-state index < -0.39 is 0 Å². The number of hydrogen-bond acceptors (Lipinski definition) is 6. The first kappa shape index (κ1) is 28.8. The van der Waals surface area contributed by atoms with Crippen LogP contribution in [0, 0.1) is 0 Å². The van der Waals surface area contributed by atoms with Crippen LogP contribution in [0.25, 0.3) is 0 Å². The molecule has 22 heavy (non-hydrogen) atoms. The Labute approximate surface area is 156 Å². The van der Waals surface area contributed by atoms with Gasteiger partial charge in [0.1, 0.15) is 0 Å². The third-order valence-corrected chi connectivity index (χ3v) is 1.22. The van der Waals surface area contributed by atoms with E-state index in [0.29, 0.717) is 0 Å². The molecule has 0 aromatic carbocycles. The maximum Gasteiger partial charge on any atom is 3.00 e. The molecule has 0 N–H and O–H groups in total. The van der Waals surface area contributed by atoms with Crippen LogP contribution in [0.5, 0.6) is 0 Å². The predicted molar refractivity (Wildman–Crippen MR) is 73.3 cm³/mol. The van der Waals surface area contributed by atoms with Gasteiger partial charge < -0.3 is 15.3 Å². The Bertz CT molecular complexity index is 368. The van der Waals surface area contributed by atoms with Gasteiger partial charge in [0, 0.05) is 0 Å². The van der Waals surface area contributed by atoms with Gasteiger partial charge in [-0.15, -0.1) is 17.3 Å². The van der Waals surface area contributed by atoms with Gasteiger partial charge in [0.2, 0.25) is 0 Å². The van der Waals surface area contributed by atoms with Gasteiger partial charge in [0.05, 0.1) is 0 Å². The maximum atomic E-state index is 9.98. The monoisotopic (exact) mass is 386 g/mol. The summed E-state index contributed by atoms with van der Waals surface area (Å²) in [5.41, 5.74) is 0. The third-order valence-electron chi connectivity index (χ3n) is 1.22. The van der Waals surface area contributed by atoms with Gasteiger partial charge in [-0.3, -0.25) is 14.4 Å². The van der Waals surface area contributed by atoms with E-state index in [1.807, 2.05) is 0 Å². The normalized spacial score (nSPS) is 10.9. The van der Waals surface area contributed by atoms with Crippen LogP contribution in [-0.2, 0) is 47.1 Å². The summed E-state index contributed by atoms with van der Waals surface area (Å²) in [7, 11) is 0. The zero-order chi connectivity index (χ0) is 17.6. The smallest absolute Gasteiger partial charge is 0.876 e. The van der Waals surface area contributed by atoms with Gasteiger partial charge in [-0.1, -0.05) is 20.8 Å². The number of carbonyl (C=O) groups excluding carboxylic acids is 3. The minimum Gasteiger partial charge on any atom is -0.876 e. The van der Waals surface area contributed by atoms with Crippen LogP contribution in [0.15, 0.2) is 35.5 Å². The molecular formula is C15H21O6Y. The molecule has 0 fully saturated rings. The minimum absolute atomic E-state index is 0. The van der Waals surface area contributed by atoms with Crippen LogP contribution in [-0.4, -0.2) is 17.3 Å². The van der Waals surface area contributed by atoms with Crippen molar-refractivity contribution in [2.24, 2.45) is 0 Å². The standard InChI is InChI=1S/3C5H8O2.Y/c3*1-4(6)3-5(2)7;/h3*3,6H,1-2H3;/q;;;+3/p-3/b2*4-3+;4-3-;. The second-order valence-corrected chi connectivity index (χ2v) is 4.10. The predicted octanol–water partition coefficient (Wildman–Crippen LogP) is -0.484. The Morgan fingerprint density at radius 2 is 0.682 bits per heavy atom. The van der Waals surface area contributed by atoms with Crippen molar-refractivity contribution in [2.75, 3.05) is 0 Å². The first-order valence-electron chi connectivity index (χ1n) is 5.96. The molecule has 0 radical (unpaired) electrons. The number of ketones is 3. The van der Waals surface area contributed by atoms with Crippen molar-refractivity contribution in [3.05, 3.63) is 35.5 Å². The fraction of sp³-hybridized carbons (Fsp3) is 0.400. The average molecular weight is 386 g/mol. The fourth-order valence-corrected chi connectivity index (χ4v) is 0.859. The van der Waals surface area contributed by atoms with E-state index in [9.17, 15) is 29.7 Å². The maximum absolute atomic E-state index is 9.98. The molecule has 0 aromatic rings. The van der Waals surface area contributed by atoms with Gasteiger partial charge in [-0.25, -0.2) is 0 Å². The summed E-state index contributed by atoms with van der Waals surface area (Å²) in [6.45, 7) is 8.09. The SMILES string of the molecule is CC(=O)/C=C(/C)[O-].CC(=O)/C=C(\C)[O-].CC(=O)/C=C(\C)[O-].[Y+3]. The molecule has 0 aliphatic carbocycles. The summed E-state index contributed by atoms with van der Waals surface area (Å²) in [5, 5.41) is 29.9.